The molecule has 2 N–H and O–H groups in total. The Balaban J connectivity index is 0.00000256. The third kappa shape index (κ3) is 4.79. The van der Waals surface area contributed by atoms with E-state index < -0.39 is 0 Å². The van der Waals surface area contributed by atoms with Gasteiger partial charge in [0.05, 0.1) is 12.6 Å². The number of methoxy groups -OCH3 is 1. The fourth-order valence-corrected chi connectivity index (χ4v) is 4.40. The first-order valence-electron chi connectivity index (χ1n) is 10.5. The second-order valence-corrected chi connectivity index (χ2v) is 7.99. The van der Waals surface area contributed by atoms with Gasteiger partial charge in [-0.15, -0.1) is 12.4 Å². The van der Waals surface area contributed by atoms with Gasteiger partial charge < -0.3 is 24.7 Å². The molecule has 2 aliphatic rings. The van der Waals surface area contributed by atoms with Gasteiger partial charge in [0.2, 0.25) is 5.91 Å². The molecule has 0 spiro atoms. The second-order valence-electron chi connectivity index (χ2n) is 7.99. The van der Waals surface area contributed by atoms with Gasteiger partial charge in [-0.05, 0) is 44.2 Å². The van der Waals surface area contributed by atoms with Crippen molar-refractivity contribution >= 4 is 35.2 Å². The number of carbonyl (C=O) groups is 2. The SMILES string of the molecule is COCc1c(C(=O)N2CCCC(CNC(=O)C3CCCN3)C2)oc2ccccc12.Cl. The van der Waals surface area contributed by atoms with Crippen molar-refractivity contribution in [3.05, 3.63) is 35.6 Å². The van der Waals surface area contributed by atoms with E-state index in [0.717, 1.165) is 43.2 Å². The van der Waals surface area contributed by atoms with Crippen LogP contribution in [-0.2, 0) is 16.1 Å². The van der Waals surface area contributed by atoms with Crippen LogP contribution in [0.3, 0.4) is 0 Å². The summed E-state index contributed by atoms with van der Waals surface area (Å²) in [6.07, 6.45) is 3.88. The number of fused-ring (bicyclic) bond motifs is 1. The van der Waals surface area contributed by atoms with Crippen LogP contribution in [0.2, 0.25) is 0 Å². The monoisotopic (exact) mass is 435 g/mol. The lowest BCUT2D eigenvalue weighted by atomic mass is 9.97. The lowest BCUT2D eigenvalue weighted by Gasteiger charge is -2.32. The van der Waals surface area contributed by atoms with E-state index in [1.807, 2.05) is 29.2 Å². The number of furan rings is 1. The number of para-hydroxylation sites is 1. The fourth-order valence-electron chi connectivity index (χ4n) is 4.40. The van der Waals surface area contributed by atoms with Crippen LogP contribution in [0.1, 0.15) is 41.8 Å². The number of amides is 2. The standard InChI is InChI=1S/C22H29N3O4.ClH/c1-28-14-17-16-7-2-3-9-19(16)29-20(17)22(27)25-11-5-6-15(13-25)12-24-21(26)18-8-4-10-23-18;/h2-3,7,9,15,18,23H,4-6,8,10-14H2,1H3,(H,24,26);1H. The van der Waals surface area contributed by atoms with Gasteiger partial charge in [0.1, 0.15) is 5.58 Å². The van der Waals surface area contributed by atoms with Gasteiger partial charge in [0.15, 0.2) is 5.76 Å². The Morgan fingerprint density at radius 3 is 2.87 bits per heavy atom. The van der Waals surface area contributed by atoms with Crippen LogP contribution in [0.25, 0.3) is 11.0 Å². The minimum absolute atomic E-state index is 0. The number of carbonyl (C=O) groups excluding carboxylic acids is 2. The number of nitrogens with one attached hydrogen (secondary N) is 2. The molecule has 2 saturated heterocycles. The fraction of sp³-hybridized carbons (Fsp3) is 0.545. The van der Waals surface area contributed by atoms with Gasteiger partial charge in [-0.3, -0.25) is 9.59 Å². The quantitative estimate of drug-likeness (QED) is 0.728. The maximum Gasteiger partial charge on any atom is 0.290 e. The van der Waals surface area contributed by atoms with Crippen LogP contribution >= 0.6 is 12.4 Å². The topological polar surface area (TPSA) is 83.8 Å². The third-order valence-corrected chi connectivity index (χ3v) is 5.93. The highest BCUT2D eigenvalue weighted by Crippen LogP contribution is 2.29. The van der Waals surface area contributed by atoms with Crippen molar-refractivity contribution in [2.75, 3.05) is 33.3 Å². The molecule has 2 unspecified atom stereocenters. The van der Waals surface area contributed by atoms with Crippen molar-refractivity contribution in [1.82, 2.24) is 15.5 Å². The van der Waals surface area contributed by atoms with E-state index in [9.17, 15) is 9.59 Å². The number of nitrogens with zero attached hydrogens (tertiary/aromatic N) is 1. The summed E-state index contributed by atoms with van der Waals surface area (Å²) in [6, 6.07) is 7.59. The van der Waals surface area contributed by atoms with Crippen molar-refractivity contribution in [1.29, 1.82) is 0 Å². The third-order valence-electron chi connectivity index (χ3n) is 5.93. The molecule has 2 fully saturated rings. The number of rotatable bonds is 6. The van der Waals surface area contributed by atoms with Crippen molar-refractivity contribution < 1.29 is 18.7 Å². The Morgan fingerprint density at radius 2 is 2.10 bits per heavy atom. The smallest absolute Gasteiger partial charge is 0.290 e. The lowest BCUT2D eigenvalue weighted by Crippen LogP contribution is -2.46. The Morgan fingerprint density at radius 1 is 1.27 bits per heavy atom. The molecule has 0 radical (unpaired) electrons. The van der Waals surface area contributed by atoms with E-state index in [-0.39, 0.29) is 36.2 Å². The first-order chi connectivity index (χ1) is 14.2. The molecule has 4 rings (SSSR count). The number of halogens is 1. The van der Waals surface area contributed by atoms with E-state index in [0.29, 0.717) is 37.6 Å². The van der Waals surface area contributed by atoms with Crippen molar-refractivity contribution in [2.45, 2.75) is 38.3 Å². The molecule has 2 aliphatic heterocycles. The molecule has 2 aromatic rings. The van der Waals surface area contributed by atoms with Gasteiger partial charge in [0, 0.05) is 37.7 Å². The molecule has 30 heavy (non-hydrogen) atoms. The minimum Gasteiger partial charge on any atom is -0.451 e. The highest BCUT2D eigenvalue weighted by molar-refractivity contribution is 5.99. The van der Waals surface area contributed by atoms with Crippen molar-refractivity contribution in [2.24, 2.45) is 5.92 Å². The van der Waals surface area contributed by atoms with Gasteiger partial charge in [-0.2, -0.15) is 0 Å². The van der Waals surface area contributed by atoms with Gasteiger partial charge >= 0.3 is 0 Å². The van der Waals surface area contributed by atoms with Gasteiger partial charge in [0.25, 0.3) is 5.91 Å². The Labute approximate surface area is 182 Å². The van der Waals surface area contributed by atoms with Crippen LogP contribution in [0.15, 0.2) is 28.7 Å². The second kappa shape index (κ2) is 10.3. The number of hydrogen-bond acceptors (Lipinski definition) is 5. The molecule has 1 aromatic heterocycles. The molecule has 0 aliphatic carbocycles. The van der Waals surface area contributed by atoms with Crippen LogP contribution in [0.4, 0.5) is 0 Å². The number of ether oxygens (including phenoxy) is 1. The maximum absolute atomic E-state index is 13.2. The zero-order chi connectivity index (χ0) is 20.2. The van der Waals surface area contributed by atoms with Gasteiger partial charge in [-0.1, -0.05) is 18.2 Å². The van der Waals surface area contributed by atoms with Crippen LogP contribution in [0.5, 0.6) is 0 Å². The summed E-state index contributed by atoms with van der Waals surface area (Å²) in [7, 11) is 1.62. The number of benzene rings is 1. The van der Waals surface area contributed by atoms with Crippen LogP contribution < -0.4 is 10.6 Å². The molecule has 0 bridgehead atoms. The van der Waals surface area contributed by atoms with E-state index in [1.165, 1.54) is 0 Å². The van der Waals surface area contributed by atoms with E-state index >= 15 is 0 Å². The summed E-state index contributed by atoms with van der Waals surface area (Å²) in [6.45, 7) is 3.17. The predicted molar refractivity (Wildman–Crippen MR) is 117 cm³/mol. The van der Waals surface area contributed by atoms with Crippen molar-refractivity contribution in [3.8, 4) is 0 Å². The molecule has 0 saturated carbocycles. The maximum atomic E-state index is 13.2. The first kappa shape index (κ1) is 22.6. The summed E-state index contributed by atoms with van der Waals surface area (Å²) in [4.78, 5) is 27.3. The Bertz CT molecular complexity index is 878. The summed E-state index contributed by atoms with van der Waals surface area (Å²) in [5.41, 5.74) is 1.50. The molecular formula is C22H30ClN3O4. The molecule has 1 aromatic carbocycles. The molecular weight excluding hydrogens is 406 g/mol. The molecule has 8 heteroatoms. The molecule has 2 atom stereocenters. The van der Waals surface area contributed by atoms with Crippen molar-refractivity contribution in [3.63, 3.8) is 0 Å². The zero-order valence-corrected chi connectivity index (χ0v) is 18.1. The normalized spacial score (nSPS) is 21.4. The number of piperidine rings is 1. The van der Waals surface area contributed by atoms with Crippen LogP contribution in [-0.4, -0.2) is 56.0 Å². The Hall–Kier alpha value is -2.09. The zero-order valence-electron chi connectivity index (χ0n) is 17.3. The van der Waals surface area contributed by atoms with Crippen LogP contribution in [0, 0.1) is 5.92 Å². The molecule has 2 amide bonds. The average molecular weight is 436 g/mol. The van der Waals surface area contributed by atoms with E-state index in [4.69, 9.17) is 9.15 Å². The molecule has 3 heterocycles. The number of likely N-dealkylation sites (tertiary alicyclic amines) is 1. The summed E-state index contributed by atoms with van der Waals surface area (Å²) >= 11 is 0. The summed E-state index contributed by atoms with van der Waals surface area (Å²) in [5.74, 6) is 0.605. The molecule has 7 nitrogen and oxygen atoms in total. The number of hydrogen-bond donors (Lipinski definition) is 2. The van der Waals surface area contributed by atoms with Gasteiger partial charge in [-0.25, -0.2) is 0 Å². The molecule has 164 valence electrons. The lowest BCUT2D eigenvalue weighted by molar-refractivity contribution is -0.123. The van der Waals surface area contributed by atoms with E-state index in [2.05, 4.69) is 10.6 Å². The van der Waals surface area contributed by atoms with E-state index in [1.54, 1.807) is 7.11 Å². The summed E-state index contributed by atoms with van der Waals surface area (Å²) in [5, 5.41) is 7.21. The minimum atomic E-state index is -0.0956. The summed E-state index contributed by atoms with van der Waals surface area (Å²) < 4.78 is 11.2. The average Bonchev–Trinajstić information content (AvgIpc) is 3.41. The highest BCUT2D eigenvalue weighted by Gasteiger charge is 2.30. The first-order valence-corrected chi connectivity index (χ1v) is 10.5. The Kier molecular flexibility index (Phi) is 7.75. The highest BCUT2D eigenvalue weighted by atomic mass is 35.5. The predicted octanol–water partition coefficient (Wildman–Crippen LogP) is 2.72. The largest absolute Gasteiger partial charge is 0.451 e.